The van der Waals surface area contributed by atoms with Gasteiger partial charge in [0.25, 0.3) is 0 Å². The van der Waals surface area contributed by atoms with Crippen LogP contribution in [-0.2, 0) is 9.53 Å². The molecule has 0 bridgehead atoms. The molecule has 0 amide bonds. The highest BCUT2D eigenvalue weighted by atomic mass is 19.1. The van der Waals surface area contributed by atoms with Crippen LogP contribution in [0.3, 0.4) is 0 Å². The van der Waals surface area contributed by atoms with Crippen molar-refractivity contribution in [2.45, 2.75) is 6.92 Å². The van der Waals surface area contributed by atoms with Crippen LogP contribution in [0.2, 0.25) is 0 Å². The lowest BCUT2D eigenvalue weighted by molar-refractivity contribution is -0.138. The zero-order valence-electron chi connectivity index (χ0n) is 6.92. The first kappa shape index (κ1) is 10.6. The number of hydrogen-bond acceptors (Lipinski definition) is 2. The van der Waals surface area contributed by atoms with E-state index in [0.29, 0.717) is 12.9 Å². The smallest absolute Gasteiger partial charge is 0.337 e. The molecular weight excluding hydrogens is 159 g/mol. The maximum Gasteiger partial charge on any atom is 0.337 e. The number of esters is 1. The Balaban J connectivity index is 3.95. The second-order valence-corrected chi connectivity index (χ2v) is 1.92. The number of ether oxygens (including phenoxy) is 1. The van der Waals surface area contributed by atoms with Gasteiger partial charge in [0.05, 0.1) is 18.5 Å². The fourth-order valence-corrected chi connectivity index (χ4v) is 0.506. The molecule has 0 spiro atoms. The first-order valence-electron chi connectivity index (χ1n) is 3.51. The summed E-state index contributed by atoms with van der Waals surface area (Å²) in [5.74, 6) is -0.485. The average molecular weight is 170 g/mol. The first-order valence-corrected chi connectivity index (χ1v) is 3.51. The Kier molecular flexibility index (Phi) is 5.61. The van der Waals surface area contributed by atoms with Gasteiger partial charge in [-0.25, -0.2) is 9.18 Å². The van der Waals surface area contributed by atoms with Crippen LogP contribution in [0.1, 0.15) is 6.92 Å². The van der Waals surface area contributed by atoms with Crippen molar-refractivity contribution in [1.82, 2.24) is 0 Å². The number of carbonyl (C=O) groups is 1. The van der Waals surface area contributed by atoms with E-state index in [9.17, 15) is 9.18 Å². The maximum atomic E-state index is 11.4. The molecule has 0 heterocycles. The van der Waals surface area contributed by atoms with Crippen molar-refractivity contribution in [2.75, 3.05) is 6.61 Å². The summed E-state index contributed by atoms with van der Waals surface area (Å²) in [6.45, 7) is 5.44. The summed E-state index contributed by atoms with van der Waals surface area (Å²) in [7, 11) is 0. The van der Waals surface area contributed by atoms with E-state index in [1.807, 2.05) is 0 Å². The Morgan fingerprint density at radius 2 is 2.25 bits per heavy atom. The van der Waals surface area contributed by atoms with Crippen molar-refractivity contribution < 1.29 is 13.9 Å². The highest BCUT2D eigenvalue weighted by molar-refractivity contribution is 5.90. The quantitative estimate of drug-likeness (QED) is 0.367. The van der Waals surface area contributed by atoms with Crippen LogP contribution in [0, 0.1) is 0 Å². The predicted octanol–water partition coefficient (Wildman–Crippen LogP) is 2.15. The highest BCUT2D eigenvalue weighted by Crippen LogP contribution is 1.96. The number of allylic oxidation sites excluding steroid dienone is 2. The Morgan fingerprint density at radius 3 is 2.75 bits per heavy atom. The molecule has 0 rings (SSSR count). The van der Waals surface area contributed by atoms with Crippen molar-refractivity contribution in [3.8, 4) is 0 Å². The summed E-state index contributed by atoms with van der Waals surface area (Å²) in [6, 6.07) is 0. The van der Waals surface area contributed by atoms with E-state index in [1.165, 1.54) is 12.2 Å². The molecule has 0 aromatic rings. The summed E-state index contributed by atoms with van der Waals surface area (Å²) in [4.78, 5) is 10.8. The third-order valence-electron chi connectivity index (χ3n) is 1.02. The van der Waals surface area contributed by atoms with Gasteiger partial charge in [-0.1, -0.05) is 12.7 Å². The summed E-state index contributed by atoms with van der Waals surface area (Å²) in [5.41, 5.74) is 0.204. The normalized spacial score (nSPS) is 10.8. The third-order valence-corrected chi connectivity index (χ3v) is 1.02. The second kappa shape index (κ2) is 6.34. The summed E-state index contributed by atoms with van der Waals surface area (Å²) in [6.07, 6.45) is 4.28. The minimum atomic E-state index is -0.485. The van der Waals surface area contributed by atoms with Crippen molar-refractivity contribution >= 4 is 5.97 Å². The van der Waals surface area contributed by atoms with Crippen molar-refractivity contribution in [3.63, 3.8) is 0 Å². The van der Waals surface area contributed by atoms with Crippen LogP contribution in [0.5, 0.6) is 0 Å². The molecule has 0 atom stereocenters. The largest absolute Gasteiger partial charge is 0.462 e. The Labute approximate surface area is 71.0 Å². The molecule has 0 saturated heterocycles. The Hall–Kier alpha value is -1.38. The second-order valence-electron chi connectivity index (χ2n) is 1.92. The van der Waals surface area contributed by atoms with Gasteiger partial charge in [0, 0.05) is 0 Å². The lowest BCUT2D eigenvalue weighted by Gasteiger charge is -1.98. The van der Waals surface area contributed by atoms with Crippen LogP contribution < -0.4 is 0 Å². The molecule has 0 aliphatic heterocycles. The fraction of sp³-hybridized carbons (Fsp3) is 0.222. The van der Waals surface area contributed by atoms with Gasteiger partial charge in [-0.05, 0) is 19.1 Å². The number of hydrogen-bond donors (Lipinski definition) is 0. The molecule has 3 heteroatoms. The van der Waals surface area contributed by atoms with E-state index in [2.05, 4.69) is 11.3 Å². The molecule has 2 nitrogen and oxygen atoms in total. The molecule has 0 aliphatic rings. The number of rotatable bonds is 4. The minimum Gasteiger partial charge on any atom is -0.462 e. The summed E-state index contributed by atoms with van der Waals surface area (Å²) < 4.78 is 16.0. The molecular formula is C9H11FO2. The van der Waals surface area contributed by atoms with Gasteiger partial charge in [-0.2, -0.15) is 0 Å². The zero-order valence-corrected chi connectivity index (χ0v) is 6.92. The highest BCUT2D eigenvalue weighted by Gasteiger charge is 2.01. The molecule has 66 valence electrons. The zero-order chi connectivity index (χ0) is 9.40. The first-order chi connectivity index (χ1) is 5.72. The Bertz CT molecular complexity index is 217. The standard InChI is InChI=1S/C9H11FO2/c1-3-12-9(11)8(2)6-4-5-7-10/h4-7H,2-3H2,1H3/b6-4-,7-5+. The number of carbonyl (C=O) groups excluding carboxylic acids is 1. The van der Waals surface area contributed by atoms with E-state index >= 15 is 0 Å². The minimum absolute atomic E-state index is 0.204. The van der Waals surface area contributed by atoms with Crippen LogP contribution in [0.15, 0.2) is 36.7 Å². The molecule has 0 aromatic heterocycles. The van der Waals surface area contributed by atoms with Crippen molar-refractivity contribution in [2.24, 2.45) is 0 Å². The van der Waals surface area contributed by atoms with Gasteiger partial charge in [0.1, 0.15) is 0 Å². The molecule has 0 N–H and O–H groups in total. The van der Waals surface area contributed by atoms with Gasteiger partial charge in [-0.15, -0.1) is 0 Å². The Morgan fingerprint density at radius 1 is 1.58 bits per heavy atom. The molecule has 12 heavy (non-hydrogen) atoms. The molecule has 0 fully saturated rings. The van der Waals surface area contributed by atoms with Gasteiger partial charge < -0.3 is 4.74 Å². The van der Waals surface area contributed by atoms with Crippen molar-refractivity contribution in [1.29, 1.82) is 0 Å². The summed E-state index contributed by atoms with van der Waals surface area (Å²) in [5, 5.41) is 0. The monoisotopic (exact) mass is 170 g/mol. The van der Waals surface area contributed by atoms with E-state index in [4.69, 9.17) is 0 Å². The van der Waals surface area contributed by atoms with E-state index in [1.54, 1.807) is 6.92 Å². The maximum absolute atomic E-state index is 11.4. The van der Waals surface area contributed by atoms with Gasteiger partial charge >= 0.3 is 5.97 Å². The van der Waals surface area contributed by atoms with Gasteiger partial charge in [0.15, 0.2) is 0 Å². The van der Waals surface area contributed by atoms with Crippen LogP contribution >= 0.6 is 0 Å². The van der Waals surface area contributed by atoms with Crippen LogP contribution in [0.4, 0.5) is 4.39 Å². The van der Waals surface area contributed by atoms with Gasteiger partial charge in [-0.3, -0.25) is 0 Å². The van der Waals surface area contributed by atoms with E-state index in [0.717, 1.165) is 6.08 Å². The summed E-state index contributed by atoms with van der Waals surface area (Å²) >= 11 is 0. The fourth-order valence-electron chi connectivity index (χ4n) is 0.506. The molecule has 0 aliphatic carbocycles. The van der Waals surface area contributed by atoms with Crippen LogP contribution in [-0.4, -0.2) is 12.6 Å². The average Bonchev–Trinajstić information content (AvgIpc) is 2.05. The van der Waals surface area contributed by atoms with E-state index in [-0.39, 0.29) is 5.57 Å². The molecule has 0 saturated carbocycles. The van der Waals surface area contributed by atoms with E-state index < -0.39 is 5.97 Å². The van der Waals surface area contributed by atoms with Crippen LogP contribution in [0.25, 0.3) is 0 Å². The topological polar surface area (TPSA) is 26.3 Å². The predicted molar refractivity (Wildman–Crippen MR) is 45.2 cm³/mol. The number of halogens is 1. The lowest BCUT2D eigenvalue weighted by atomic mass is 10.3. The van der Waals surface area contributed by atoms with Gasteiger partial charge in [0.2, 0.25) is 0 Å². The van der Waals surface area contributed by atoms with Crippen molar-refractivity contribution in [3.05, 3.63) is 36.7 Å². The molecule has 0 radical (unpaired) electrons. The lowest BCUT2D eigenvalue weighted by Crippen LogP contribution is -2.04. The molecule has 0 unspecified atom stereocenters. The molecule has 0 aromatic carbocycles. The third kappa shape index (κ3) is 4.44. The SMILES string of the molecule is C=C(/C=C\C=C\F)C(=O)OCC.